The second kappa shape index (κ2) is 4.39. The average molecular weight is 212 g/mol. The number of hydrogen-bond acceptors (Lipinski definition) is 4. The van der Waals surface area contributed by atoms with Crippen LogP contribution < -0.4 is 5.32 Å². The Labute approximate surface area is 88.3 Å². The van der Waals surface area contributed by atoms with Gasteiger partial charge < -0.3 is 5.11 Å². The third kappa shape index (κ3) is 2.76. The maximum Gasteiger partial charge on any atom is 0.323 e. The Morgan fingerprint density at radius 1 is 1.73 bits per heavy atom. The highest BCUT2D eigenvalue weighted by molar-refractivity contribution is 5.78. The van der Waals surface area contributed by atoms with Crippen LogP contribution in [0, 0.1) is 0 Å². The van der Waals surface area contributed by atoms with Crippen molar-refractivity contribution in [3.63, 3.8) is 0 Å². The van der Waals surface area contributed by atoms with E-state index in [2.05, 4.69) is 15.6 Å². The van der Waals surface area contributed by atoms with E-state index in [1.807, 2.05) is 6.92 Å². The van der Waals surface area contributed by atoms with Gasteiger partial charge in [0.1, 0.15) is 5.54 Å². The van der Waals surface area contributed by atoms with Crippen molar-refractivity contribution in [1.29, 1.82) is 0 Å². The molecule has 15 heavy (non-hydrogen) atoms. The van der Waals surface area contributed by atoms with Crippen molar-refractivity contribution >= 4 is 5.97 Å². The van der Waals surface area contributed by atoms with Gasteiger partial charge in [0.05, 0.1) is 5.69 Å². The maximum absolute atomic E-state index is 11.0. The standard InChI is InChI=1S/C9H16N4O2/c1-4-9(2,8(14)15)10-5-7-6-13(3)12-11-7/h6,10H,4-5H2,1-3H3,(H,14,15). The summed E-state index contributed by atoms with van der Waals surface area (Å²) in [5.74, 6) is -0.853. The first-order chi connectivity index (χ1) is 6.98. The molecular formula is C9H16N4O2. The summed E-state index contributed by atoms with van der Waals surface area (Å²) < 4.78 is 1.58. The van der Waals surface area contributed by atoms with Crippen LogP contribution in [0.25, 0.3) is 0 Å². The van der Waals surface area contributed by atoms with Gasteiger partial charge in [-0.05, 0) is 13.3 Å². The molecule has 0 radical (unpaired) electrons. The number of carboxylic acids is 1. The van der Waals surface area contributed by atoms with Gasteiger partial charge in [-0.25, -0.2) is 0 Å². The van der Waals surface area contributed by atoms with Crippen LogP contribution in [0.15, 0.2) is 6.20 Å². The molecule has 0 saturated carbocycles. The number of carboxylic acid groups (broad SMARTS) is 1. The van der Waals surface area contributed by atoms with E-state index in [0.29, 0.717) is 13.0 Å². The molecule has 0 spiro atoms. The fraction of sp³-hybridized carbons (Fsp3) is 0.667. The highest BCUT2D eigenvalue weighted by atomic mass is 16.4. The molecule has 0 aliphatic heterocycles. The predicted molar refractivity (Wildman–Crippen MR) is 54.2 cm³/mol. The Morgan fingerprint density at radius 3 is 2.80 bits per heavy atom. The van der Waals surface area contributed by atoms with E-state index in [0.717, 1.165) is 5.69 Å². The number of nitrogens with zero attached hydrogens (tertiary/aromatic N) is 3. The molecule has 0 aliphatic rings. The lowest BCUT2D eigenvalue weighted by atomic mass is 9.99. The lowest BCUT2D eigenvalue weighted by Gasteiger charge is -2.23. The minimum absolute atomic E-state index is 0.407. The molecule has 1 unspecified atom stereocenters. The molecule has 84 valence electrons. The molecule has 0 saturated heterocycles. The van der Waals surface area contributed by atoms with Crippen molar-refractivity contribution in [2.75, 3.05) is 0 Å². The third-order valence-electron chi connectivity index (χ3n) is 2.49. The summed E-state index contributed by atoms with van der Waals surface area (Å²) in [6, 6.07) is 0. The van der Waals surface area contributed by atoms with Crippen LogP contribution in [-0.2, 0) is 18.4 Å². The van der Waals surface area contributed by atoms with Gasteiger partial charge in [0, 0.05) is 19.8 Å². The molecular weight excluding hydrogens is 196 g/mol. The zero-order chi connectivity index (χ0) is 11.5. The summed E-state index contributed by atoms with van der Waals surface area (Å²) in [7, 11) is 1.77. The number of rotatable bonds is 5. The van der Waals surface area contributed by atoms with E-state index in [1.54, 1.807) is 24.9 Å². The van der Waals surface area contributed by atoms with Gasteiger partial charge in [0.2, 0.25) is 0 Å². The van der Waals surface area contributed by atoms with Gasteiger partial charge in [0.25, 0.3) is 0 Å². The average Bonchev–Trinajstić information content (AvgIpc) is 2.60. The molecule has 1 atom stereocenters. The predicted octanol–water partition coefficient (Wildman–Crippen LogP) is 0.158. The van der Waals surface area contributed by atoms with Crippen LogP contribution in [0.3, 0.4) is 0 Å². The number of aryl methyl sites for hydroxylation is 1. The van der Waals surface area contributed by atoms with Gasteiger partial charge in [-0.2, -0.15) is 0 Å². The van der Waals surface area contributed by atoms with Crippen LogP contribution in [-0.4, -0.2) is 31.6 Å². The molecule has 0 fully saturated rings. The first-order valence-electron chi connectivity index (χ1n) is 4.81. The summed E-state index contributed by atoms with van der Waals surface area (Å²) >= 11 is 0. The molecule has 1 heterocycles. The van der Waals surface area contributed by atoms with E-state index in [-0.39, 0.29) is 0 Å². The second-order valence-corrected chi connectivity index (χ2v) is 3.73. The highest BCUT2D eigenvalue weighted by Crippen LogP contribution is 2.10. The van der Waals surface area contributed by atoms with Crippen molar-refractivity contribution in [1.82, 2.24) is 20.3 Å². The van der Waals surface area contributed by atoms with Crippen molar-refractivity contribution in [3.8, 4) is 0 Å². The summed E-state index contributed by atoms with van der Waals surface area (Å²) in [5, 5.41) is 19.6. The largest absolute Gasteiger partial charge is 0.480 e. The van der Waals surface area contributed by atoms with Crippen LogP contribution in [0.1, 0.15) is 26.0 Å². The minimum atomic E-state index is -0.905. The summed E-state index contributed by atoms with van der Waals surface area (Å²) in [5.41, 5.74) is -0.171. The van der Waals surface area contributed by atoms with E-state index in [1.165, 1.54) is 0 Å². The van der Waals surface area contributed by atoms with Gasteiger partial charge in [-0.1, -0.05) is 12.1 Å². The molecule has 0 bridgehead atoms. The molecule has 0 aliphatic carbocycles. The van der Waals surface area contributed by atoms with E-state index in [9.17, 15) is 4.79 Å². The monoisotopic (exact) mass is 212 g/mol. The SMILES string of the molecule is CCC(C)(NCc1cn(C)nn1)C(=O)O. The normalized spacial score (nSPS) is 14.9. The Kier molecular flexibility index (Phi) is 3.41. The van der Waals surface area contributed by atoms with Crippen LogP contribution in [0.5, 0.6) is 0 Å². The number of aliphatic carboxylic acids is 1. The first-order valence-corrected chi connectivity index (χ1v) is 4.81. The van der Waals surface area contributed by atoms with E-state index in [4.69, 9.17) is 5.11 Å². The molecule has 1 aromatic rings. The third-order valence-corrected chi connectivity index (χ3v) is 2.49. The first kappa shape index (κ1) is 11.6. The zero-order valence-electron chi connectivity index (χ0n) is 9.19. The fourth-order valence-electron chi connectivity index (χ4n) is 1.11. The van der Waals surface area contributed by atoms with E-state index >= 15 is 0 Å². The van der Waals surface area contributed by atoms with Crippen molar-refractivity contribution in [2.24, 2.45) is 7.05 Å². The highest BCUT2D eigenvalue weighted by Gasteiger charge is 2.30. The topological polar surface area (TPSA) is 80.0 Å². The van der Waals surface area contributed by atoms with E-state index < -0.39 is 11.5 Å². The smallest absolute Gasteiger partial charge is 0.323 e. The van der Waals surface area contributed by atoms with Crippen molar-refractivity contribution < 1.29 is 9.90 Å². The summed E-state index contributed by atoms with van der Waals surface area (Å²) in [4.78, 5) is 11.0. The Hall–Kier alpha value is -1.43. The lowest BCUT2D eigenvalue weighted by Crippen LogP contribution is -2.48. The number of hydrogen-bond donors (Lipinski definition) is 2. The fourth-order valence-corrected chi connectivity index (χ4v) is 1.11. The Bertz CT molecular complexity index is 350. The maximum atomic E-state index is 11.0. The number of carbonyl (C=O) groups is 1. The second-order valence-electron chi connectivity index (χ2n) is 3.73. The van der Waals surface area contributed by atoms with Gasteiger partial charge >= 0.3 is 5.97 Å². The van der Waals surface area contributed by atoms with Crippen molar-refractivity contribution in [2.45, 2.75) is 32.4 Å². The van der Waals surface area contributed by atoms with Gasteiger partial charge in [-0.15, -0.1) is 5.10 Å². The molecule has 2 N–H and O–H groups in total. The molecule has 1 aromatic heterocycles. The van der Waals surface area contributed by atoms with Crippen LogP contribution in [0.4, 0.5) is 0 Å². The molecule has 1 rings (SSSR count). The van der Waals surface area contributed by atoms with Crippen LogP contribution >= 0.6 is 0 Å². The van der Waals surface area contributed by atoms with Crippen molar-refractivity contribution in [3.05, 3.63) is 11.9 Å². The number of aromatic nitrogens is 3. The van der Waals surface area contributed by atoms with Crippen LogP contribution in [0.2, 0.25) is 0 Å². The zero-order valence-corrected chi connectivity index (χ0v) is 9.19. The molecule has 6 heteroatoms. The summed E-state index contributed by atoms with van der Waals surface area (Å²) in [6.07, 6.45) is 2.27. The summed E-state index contributed by atoms with van der Waals surface area (Å²) in [6.45, 7) is 3.90. The lowest BCUT2D eigenvalue weighted by molar-refractivity contribution is -0.144. The Morgan fingerprint density at radius 2 is 2.40 bits per heavy atom. The minimum Gasteiger partial charge on any atom is -0.480 e. The Balaban J connectivity index is 2.59. The number of nitrogens with one attached hydrogen (secondary N) is 1. The molecule has 6 nitrogen and oxygen atoms in total. The van der Waals surface area contributed by atoms with Gasteiger partial charge in [0.15, 0.2) is 0 Å². The van der Waals surface area contributed by atoms with Gasteiger partial charge in [-0.3, -0.25) is 14.8 Å². The molecule has 0 amide bonds. The molecule has 0 aromatic carbocycles. The quantitative estimate of drug-likeness (QED) is 0.726.